The normalized spacial score (nSPS) is 35.6. The number of hydrogen-bond donors (Lipinski definition) is 1. The molecule has 94 valence electrons. The minimum absolute atomic E-state index is 0.641. The van der Waals surface area contributed by atoms with E-state index in [-0.39, 0.29) is 0 Å². The Bertz CT molecular complexity index is 215. The molecule has 1 saturated heterocycles. The second kappa shape index (κ2) is 5.50. The fourth-order valence-electron chi connectivity index (χ4n) is 3.35. The lowest BCUT2D eigenvalue weighted by atomic mass is 9.78. The van der Waals surface area contributed by atoms with Gasteiger partial charge in [0.1, 0.15) is 0 Å². The first-order valence-corrected chi connectivity index (χ1v) is 7.21. The molecule has 0 aromatic heterocycles. The van der Waals surface area contributed by atoms with Crippen molar-refractivity contribution in [1.82, 2.24) is 10.2 Å². The van der Waals surface area contributed by atoms with Crippen molar-refractivity contribution in [3.8, 4) is 0 Å². The van der Waals surface area contributed by atoms with Crippen molar-refractivity contribution >= 4 is 0 Å². The van der Waals surface area contributed by atoms with Gasteiger partial charge < -0.3 is 5.32 Å². The fourth-order valence-corrected chi connectivity index (χ4v) is 3.35. The average molecular weight is 224 g/mol. The Labute approximate surface area is 101 Å². The molecule has 0 aromatic carbocycles. The van der Waals surface area contributed by atoms with E-state index in [2.05, 4.69) is 31.0 Å². The first-order chi connectivity index (χ1) is 7.72. The van der Waals surface area contributed by atoms with Crippen molar-refractivity contribution in [2.24, 2.45) is 5.92 Å². The highest BCUT2D eigenvalue weighted by Gasteiger charge is 2.39. The summed E-state index contributed by atoms with van der Waals surface area (Å²) in [5.74, 6) is 0.926. The maximum absolute atomic E-state index is 3.61. The lowest BCUT2D eigenvalue weighted by Gasteiger charge is -2.45. The predicted octanol–water partition coefficient (Wildman–Crippen LogP) is 2.64. The van der Waals surface area contributed by atoms with E-state index in [1.807, 2.05) is 0 Å². The lowest BCUT2D eigenvalue weighted by Crippen LogP contribution is -2.52. The molecule has 0 spiro atoms. The average Bonchev–Trinajstić information content (AvgIpc) is 2.63. The van der Waals surface area contributed by atoms with Crippen LogP contribution in [-0.4, -0.2) is 36.1 Å². The molecule has 0 aromatic rings. The van der Waals surface area contributed by atoms with Gasteiger partial charge in [-0.05, 0) is 51.1 Å². The van der Waals surface area contributed by atoms with E-state index in [0.29, 0.717) is 6.04 Å². The third kappa shape index (κ3) is 2.60. The Morgan fingerprint density at radius 3 is 2.62 bits per heavy atom. The van der Waals surface area contributed by atoms with Crippen LogP contribution in [0.4, 0.5) is 0 Å². The lowest BCUT2D eigenvalue weighted by molar-refractivity contribution is 0.0496. The second-order valence-electron chi connectivity index (χ2n) is 5.91. The van der Waals surface area contributed by atoms with Crippen molar-refractivity contribution in [3.63, 3.8) is 0 Å². The third-order valence-corrected chi connectivity index (χ3v) is 4.49. The molecular formula is C14H28N2. The summed E-state index contributed by atoms with van der Waals surface area (Å²) in [6.45, 7) is 9.44. The molecule has 0 amide bonds. The van der Waals surface area contributed by atoms with E-state index in [1.165, 1.54) is 45.2 Å². The molecule has 16 heavy (non-hydrogen) atoms. The SMILES string of the molecule is CCC1CCCN1C1CCC1CNC(C)C. The smallest absolute Gasteiger partial charge is 0.0139 e. The van der Waals surface area contributed by atoms with Crippen molar-refractivity contribution < 1.29 is 0 Å². The number of hydrogen-bond acceptors (Lipinski definition) is 2. The largest absolute Gasteiger partial charge is 0.314 e. The van der Waals surface area contributed by atoms with Crippen LogP contribution in [0.5, 0.6) is 0 Å². The number of nitrogens with zero attached hydrogens (tertiary/aromatic N) is 1. The van der Waals surface area contributed by atoms with Crippen LogP contribution < -0.4 is 5.32 Å². The zero-order chi connectivity index (χ0) is 11.5. The highest BCUT2D eigenvalue weighted by atomic mass is 15.2. The Kier molecular flexibility index (Phi) is 4.26. The highest BCUT2D eigenvalue weighted by molar-refractivity contribution is 4.94. The number of rotatable bonds is 5. The molecule has 1 N–H and O–H groups in total. The maximum atomic E-state index is 3.61. The second-order valence-corrected chi connectivity index (χ2v) is 5.91. The molecular weight excluding hydrogens is 196 g/mol. The van der Waals surface area contributed by atoms with Gasteiger partial charge in [-0.15, -0.1) is 0 Å². The molecule has 0 radical (unpaired) electrons. The van der Waals surface area contributed by atoms with Gasteiger partial charge in [-0.1, -0.05) is 20.8 Å². The topological polar surface area (TPSA) is 15.3 Å². The zero-order valence-electron chi connectivity index (χ0n) is 11.2. The standard InChI is InChI=1S/C14H28N2/c1-4-13-6-5-9-16(13)14-8-7-12(14)10-15-11(2)3/h11-15H,4-10H2,1-3H3. The summed E-state index contributed by atoms with van der Waals surface area (Å²) in [6, 6.07) is 2.44. The summed E-state index contributed by atoms with van der Waals surface area (Å²) in [6.07, 6.45) is 7.11. The van der Waals surface area contributed by atoms with Crippen LogP contribution in [0.15, 0.2) is 0 Å². The summed E-state index contributed by atoms with van der Waals surface area (Å²) in [5.41, 5.74) is 0. The molecule has 0 bridgehead atoms. The quantitative estimate of drug-likeness (QED) is 0.772. The molecule has 1 saturated carbocycles. The van der Waals surface area contributed by atoms with Gasteiger partial charge in [-0.3, -0.25) is 4.90 Å². The van der Waals surface area contributed by atoms with Crippen LogP contribution in [0.1, 0.15) is 52.9 Å². The van der Waals surface area contributed by atoms with Gasteiger partial charge in [0.15, 0.2) is 0 Å². The van der Waals surface area contributed by atoms with Gasteiger partial charge in [0.25, 0.3) is 0 Å². The summed E-state index contributed by atoms with van der Waals surface area (Å²) < 4.78 is 0. The molecule has 1 aliphatic carbocycles. The molecule has 2 heteroatoms. The van der Waals surface area contributed by atoms with E-state index in [0.717, 1.165) is 18.0 Å². The van der Waals surface area contributed by atoms with Crippen molar-refractivity contribution in [2.45, 2.75) is 71.0 Å². The van der Waals surface area contributed by atoms with Crippen molar-refractivity contribution in [1.29, 1.82) is 0 Å². The summed E-state index contributed by atoms with van der Waals surface area (Å²) in [4.78, 5) is 2.82. The highest BCUT2D eigenvalue weighted by Crippen LogP contribution is 2.36. The van der Waals surface area contributed by atoms with Gasteiger partial charge in [0.05, 0.1) is 0 Å². The molecule has 3 unspecified atom stereocenters. The molecule has 1 aliphatic heterocycles. The number of likely N-dealkylation sites (tertiary alicyclic amines) is 1. The Morgan fingerprint density at radius 1 is 1.25 bits per heavy atom. The number of nitrogens with one attached hydrogen (secondary N) is 1. The van der Waals surface area contributed by atoms with Crippen LogP contribution in [0.3, 0.4) is 0 Å². The van der Waals surface area contributed by atoms with Crippen LogP contribution in [0.25, 0.3) is 0 Å². The zero-order valence-corrected chi connectivity index (χ0v) is 11.2. The van der Waals surface area contributed by atoms with Gasteiger partial charge in [-0.25, -0.2) is 0 Å². The minimum Gasteiger partial charge on any atom is -0.314 e. The van der Waals surface area contributed by atoms with Crippen LogP contribution in [0.2, 0.25) is 0 Å². The Balaban J connectivity index is 1.80. The van der Waals surface area contributed by atoms with E-state index in [4.69, 9.17) is 0 Å². The van der Waals surface area contributed by atoms with Crippen LogP contribution in [0, 0.1) is 5.92 Å². The first kappa shape index (κ1) is 12.4. The molecule has 1 heterocycles. The fraction of sp³-hybridized carbons (Fsp3) is 1.00. The van der Waals surface area contributed by atoms with Gasteiger partial charge >= 0.3 is 0 Å². The van der Waals surface area contributed by atoms with Gasteiger partial charge in [0.2, 0.25) is 0 Å². The van der Waals surface area contributed by atoms with Crippen molar-refractivity contribution in [2.75, 3.05) is 13.1 Å². The van der Waals surface area contributed by atoms with Crippen molar-refractivity contribution in [3.05, 3.63) is 0 Å². The first-order valence-electron chi connectivity index (χ1n) is 7.21. The van der Waals surface area contributed by atoms with Crippen LogP contribution in [-0.2, 0) is 0 Å². The molecule has 2 nitrogen and oxygen atoms in total. The summed E-state index contributed by atoms with van der Waals surface area (Å²) in [7, 11) is 0. The minimum atomic E-state index is 0.641. The van der Waals surface area contributed by atoms with E-state index < -0.39 is 0 Å². The summed E-state index contributed by atoms with van der Waals surface area (Å²) >= 11 is 0. The van der Waals surface area contributed by atoms with Gasteiger partial charge in [-0.2, -0.15) is 0 Å². The third-order valence-electron chi connectivity index (χ3n) is 4.49. The van der Waals surface area contributed by atoms with Gasteiger partial charge in [0, 0.05) is 18.1 Å². The van der Waals surface area contributed by atoms with E-state index in [1.54, 1.807) is 0 Å². The van der Waals surface area contributed by atoms with Crippen LogP contribution >= 0.6 is 0 Å². The molecule has 2 rings (SSSR count). The monoisotopic (exact) mass is 224 g/mol. The Morgan fingerprint density at radius 2 is 2.06 bits per heavy atom. The predicted molar refractivity (Wildman–Crippen MR) is 69.7 cm³/mol. The maximum Gasteiger partial charge on any atom is 0.0139 e. The molecule has 2 fully saturated rings. The summed E-state index contributed by atoms with van der Waals surface area (Å²) in [5, 5.41) is 3.61. The van der Waals surface area contributed by atoms with E-state index in [9.17, 15) is 0 Å². The Hall–Kier alpha value is -0.0800. The molecule has 3 atom stereocenters. The molecule has 2 aliphatic rings. The van der Waals surface area contributed by atoms with E-state index >= 15 is 0 Å².